The zero-order valence-electron chi connectivity index (χ0n) is 17.1. The van der Waals surface area contributed by atoms with Crippen molar-refractivity contribution in [3.8, 4) is 11.5 Å². The van der Waals surface area contributed by atoms with Crippen LogP contribution in [0.5, 0.6) is 11.5 Å². The van der Waals surface area contributed by atoms with Crippen LogP contribution in [0.15, 0.2) is 36.4 Å². The molecule has 0 aliphatic carbocycles. The largest absolute Gasteiger partial charge is 0.490 e. The highest BCUT2D eigenvalue weighted by Gasteiger charge is 2.34. The van der Waals surface area contributed by atoms with Gasteiger partial charge in [-0.15, -0.1) is 0 Å². The highest BCUT2D eigenvalue weighted by atomic mass is 16.5. The molecule has 2 aromatic carbocycles. The summed E-state index contributed by atoms with van der Waals surface area (Å²) in [6.45, 7) is 7.50. The van der Waals surface area contributed by atoms with Gasteiger partial charge in [-0.05, 0) is 49.6 Å². The average Bonchev–Trinajstić information content (AvgIpc) is 3.04. The Balaban J connectivity index is 1.57. The van der Waals surface area contributed by atoms with E-state index in [1.165, 1.54) is 5.56 Å². The molecule has 0 aromatic heterocycles. The molecule has 1 amide bonds. The molecule has 1 N–H and O–H groups in total. The molecule has 0 bridgehead atoms. The lowest BCUT2D eigenvalue weighted by Crippen LogP contribution is -2.26. The first kappa shape index (κ1) is 20.7. The third-order valence-corrected chi connectivity index (χ3v) is 5.26. The molecule has 29 heavy (non-hydrogen) atoms. The van der Waals surface area contributed by atoms with Gasteiger partial charge in [0.25, 0.3) is 0 Å². The minimum Gasteiger partial charge on any atom is -0.490 e. The van der Waals surface area contributed by atoms with Crippen molar-refractivity contribution < 1.29 is 24.2 Å². The van der Waals surface area contributed by atoms with Gasteiger partial charge in [0, 0.05) is 25.1 Å². The van der Waals surface area contributed by atoms with Crippen molar-refractivity contribution in [2.75, 3.05) is 19.8 Å². The van der Waals surface area contributed by atoms with Gasteiger partial charge in [-0.1, -0.05) is 24.3 Å². The van der Waals surface area contributed by atoms with Crippen LogP contribution in [0.4, 0.5) is 0 Å². The summed E-state index contributed by atoms with van der Waals surface area (Å²) in [5.74, 6) is -0.156. The number of nitrogens with zero attached hydrogens (tertiary/aromatic N) is 1. The van der Waals surface area contributed by atoms with Gasteiger partial charge in [-0.25, -0.2) is 0 Å². The standard InChI is InChI=1S/C23H27NO5/c1-15-10-16(2)17(3)21(11-15)29-9-8-28-20-7-5-4-6-18(20)13-24-14-19(23(26)27)12-22(24)25/h4-7,10-11,19H,8-9,12-14H2,1-3H3,(H,26,27). The van der Waals surface area contributed by atoms with Crippen molar-refractivity contribution in [2.24, 2.45) is 5.92 Å². The number of hydrogen-bond acceptors (Lipinski definition) is 4. The Bertz CT molecular complexity index is 908. The topological polar surface area (TPSA) is 76.1 Å². The maximum Gasteiger partial charge on any atom is 0.308 e. The smallest absolute Gasteiger partial charge is 0.308 e. The van der Waals surface area contributed by atoms with Gasteiger partial charge in [-0.2, -0.15) is 0 Å². The molecule has 154 valence electrons. The molecule has 3 rings (SSSR count). The molecule has 6 heteroatoms. The molecule has 1 heterocycles. The quantitative estimate of drug-likeness (QED) is 0.690. The second-order valence-corrected chi connectivity index (χ2v) is 7.52. The second kappa shape index (κ2) is 8.99. The van der Waals surface area contributed by atoms with E-state index in [9.17, 15) is 9.59 Å². The summed E-state index contributed by atoms with van der Waals surface area (Å²) < 4.78 is 11.8. The summed E-state index contributed by atoms with van der Waals surface area (Å²) >= 11 is 0. The Hall–Kier alpha value is -3.02. The first-order chi connectivity index (χ1) is 13.8. The lowest BCUT2D eigenvalue weighted by molar-refractivity contribution is -0.141. The molecule has 1 atom stereocenters. The number of aliphatic carboxylic acids is 1. The molecular formula is C23H27NO5. The fourth-order valence-electron chi connectivity index (χ4n) is 3.53. The first-order valence-electron chi connectivity index (χ1n) is 9.77. The van der Waals surface area contributed by atoms with Crippen LogP contribution < -0.4 is 9.47 Å². The normalized spacial score (nSPS) is 16.2. The van der Waals surface area contributed by atoms with Crippen molar-refractivity contribution in [1.82, 2.24) is 4.90 Å². The number of carboxylic acids is 1. The molecule has 0 spiro atoms. The van der Waals surface area contributed by atoms with E-state index in [0.717, 1.165) is 22.4 Å². The Morgan fingerprint density at radius 1 is 1.10 bits per heavy atom. The second-order valence-electron chi connectivity index (χ2n) is 7.52. The Labute approximate surface area is 171 Å². The van der Waals surface area contributed by atoms with E-state index in [0.29, 0.717) is 25.5 Å². The van der Waals surface area contributed by atoms with Crippen molar-refractivity contribution >= 4 is 11.9 Å². The number of hydrogen-bond donors (Lipinski definition) is 1. The summed E-state index contributed by atoms with van der Waals surface area (Å²) in [7, 11) is 0. The van der Waals surface area contributed by atoms with Crippen LogP contribution in [-0.4, -0.2) is 41.6 Å². The van der Waals surface area contributed by atoms with Crippen molar-refractivity contribution in [2.45, 2.75) is 33.7 Å². The van der Waals surface area contributed by atoms with Crippen molar-refractivity contribution in [1.29, 1.82) is 0 Å². The van der Waals surface area contributed by atoms with Crippen LogP contribution in [0.3, 0.4) is 0 Å². The number of carboxylic acid groups (broad SMARTS) is 1. The van der Waals surface area contributed by atoms with Crippen LogP contribution >= 0.6 is 0 Å². The van der Waals surface area contributed by atoms with Gasteiger partial charge >= 0.3 is 5.97 Å². The fraction of sp³-hybridized carbons (Fsp3) is 0.391. The van der Waals surface area contributed by atoms with Crippen molar-refractivity contribution in [3.63, 3.8) is 0 Å². The number of para-hydroxylation sites is 1. The zero-order valence-corrected chi connectivity index (χ0v) is 17.1. The van der Waals surface area contributed by atoms with Crippen LogP contribution in [-0.2, 0) is 16.1 Å². The van der Waals surface area contributed by atoms with E-state index >= 15 is 0 Å². The van der Waals surface area contributed by atoms with Crippen LogP contribution in [0.25, 0.3) is 0 Å². The van der Waals surface area contributed by atoms with Gasteiger partial charge in [-0.3, -0.25) is 9.59 Å². The molecule has 1 aliphatic heterocycles. The van der Waals surface area contributed by atoms with E-state index < -0.39 is 11.9 Å². The van der Waals surface area contributed by atoms with Crippen LogP contribution in [0, 0.1) is 26.7 Å². The lowest BCUT2D eigenvalue weighted by atomic mass is 10.1. The third kappa shape index (κ3) is 5.08. The summed E-state index contributed by atoms with van der Waals surface area (Å²) in [6, 6.07) is 11.7. The minimum atomic E-state index is -0.927. The Kier molecular flexibility index (Phi) is 6.42. The lowest BCUT2D eigenvalue weighted by Gasteiger charge is -2.19. The van der Waals surface area contributed by atoms with E-state index in [1.807, 2.05) is 44.2 Å². The highest BCUT2D eigenvalue weighted by Crippen LogP contribution is 2.26. The van der Waals surface area contributed by atoms with E-state index in [1.54, 1.807) is 4.90 Å². The first-order valence-corrected chi connectivity index (χ1v) is 9.77. The summed E-state index contributed by atoms with van der Waals surface area (Å²) in [5, 5.41) is 9.14. The number of carbonyl (C=O) groups is 2. The Morgan fingerprint density at radius 2 is 1.79 bits per heavy atom. The van der Waals surface area contributed by atoms with Crippen molar-refractivity contribution in [3.05, 3.63) is 58.7 Å². The number of benzene rings is 2. The highest BCUT2D eigenvalue weighted by molar-refractivity contribution is 5.86. The number of likely N-dealkylation sites (tertiary alicyclic amines) is 1. The third-order valence-electron chi connectivity index (χ3n) is 5.26. The van der Waals surface area contributed by atoms with Crippen LogP contribution in [0.1, 0.15) is 28.7 Å². The summed E-state index contributed by atoms with van der Waals surface area (Å²) in [4.78, 5) is 24.8. The monoisotopic (exact) mass is 397 g/mol. The van der Waals surface area contributed by atoms with Gasteiger partial charge < -0.3 is 19.5 Å². The maximum absolute atomic E-state index is 12.1. The van der Waals surface area contributed by atoms with Gasteiger partial charge in [0.1, 0.15) is 24.7 Å². The number of amides is 1. The number of carbonyl (C=O) groups excluding carboxylic acids is 1. The molecule has 1 fully saturated rings. The number of rotatable bonds is 8. The predicted molar refractivity (Wildman–Crippen MR) is 109 cm³/mol. The molecule has 0 radical (unpaired) electrons. The average molecular weight is 397 g/mol. The molecule has 1 unspecified atom stereocenters. The SMILES string of the molecule is Cc1cc(C)c(C)c(OCCOc2ccccc2CN2CC(C(=O)O)CC2=O)c1. The molecule has 0 saturated carbocycles. The maximum atomic E-state index is 12.1. The number of ether oxygens (including phenoxy) is 2. The molecule has 1 aliphatic rings. The summed E-state index contributed by atoms with van der Waals surface area (Å²) in [5.41, 5.74) is 4.33. The molecule has 1 saturated heterocycles. The predicted octanol–water partition coefficient (Wildman–Crippen LogP) is 3.50. The fourth-order valence-corrected chi connectivity index (χ4v) is 3.53. The van der Waals surface area contributed by atoms with E-state index in [4.69, 9.17) is 14.6 Å². The summed E-state index contributed by atoms with van der Waals surface area (Å²) in [6.07, 6.45) is 0.0570. The molecule has 2 aromatic rings. The minimum absolute atomic E-state index is 0.0570. The number of aryl methyl sites for hydroxylation is 2. The van der Waals surface area contributed by atoms with Crippen LogP contribution in [0.2, 0.25) is 0 Å². The molecule has 6 nitrogen and oxygen atoms in total. The van der Waals surface area contributed by atoms with Gasteiger partial charge in [0.2, 0.25) is 5.91 Å². The zero-order chi connectivity index (χ0) is 21.0. The molecular weight excluding hydrogens is 370 g/mol. The van der Waals surface area contributed by atoms with E-state index in [2.05, 4.69) is 13.0 Å². The van der Waals surface area contributed by atoms with E-state index in [-0.39, 0.29) is 18.9 Å². The van der Waals surface area contributed by atoms with Gasteiger partial charge in [0.15, 0.2) is 0 Å². The Morgan fingerprint density at radius 3 is 2.48 bits per heavy atom. The van der Waals surface area contributed by atoms with Gasteiger partial charge in [0.05, 0.1) is 5.92 Å².